The molecule has 2 heterocycles. The fourth-order valence-electron chi connectivity index (χ4n) is 2.61. The number of para-hydroxylation sites is 1. The average Bonchev–Trinajstić information content (AvgIpc) is 2.97. The summed E-state index contributed by atoms with van der Waals surface area (Å²) in [5.41, 5.74) is 3.18. The molecule has 0 radical (unpaired) electrons. The molecule has 0 fully saturated rings. The molecular formula is C17H20N4. The summed E-state index contributed by atoms with van der Waals surface area (Å²) in [5.74, 6) is 0. The normalized spacial score (nSPS) is 12.7. The molecule has 0 bridgehead atoms. The highest BCUT2D eigenvalue weighted by Gasteiger charge is 2.10. The summed E-state index contributed by atoms with van der Waals surface area (Å²) >= 11 is 0. The summed E-state index contributed by atoms with van der Waals surface area (Å²) in [6.45, 7) is 5.24. The molecular weight excluding hydrogens is 260 g/mol. The zero-order valence-corrected chi connectivity index (χ0v) is 12.5. The molecule has 0 spiro atoms. The van der Waals surface area contributed by atoms with E-state index < -0.39 is 0 Å². The molecule has 0 aliphatic carbocycles. The number of benzene rings is 1. The summed E-state index contributed by atoms with van der Waals surface area (Å²) in [7, 11) is 0. The highest BCUT2D eigenvalue weighted by molar-refractivity contribution is 5.79. The minimum Gasteiger partial charge on any atom is -0.309 e. The lowest BCUT2D eigenvalue weighted by Gasteiger charge is -2.15. The number of aromatic nitrogens is 3. The lowest BCUT2D eigenvalue weighted by atomic mass is 10.1. The van der Waals surface area contributed by atoms with Gasteiger partial charge >= 0.3 is 0 Å². The van der Waals surface area contributed by atoms with Crippen LogP contribution in [0.1, 0.15) is 32.0 Å². The van der Waals surface area contributed by atoms with Crippen molar-refractivity contribution in [1.82, 2.24) is 20.1 Å². The first-order valence-electron chi connectivity index (χ1n) is 7.46. The molecule has 1 unspecified atom stereocenters. The third-order valence-electron chi connectivity index (χ3n) is 3.71. The van der Waals surface area contributed by atoms with Crippen LogP contribution in [0.25, 0.3) is 16.6 Å². The number of fused-ring (bicyclic) bond motifs is 1. The van der Waals surface area contributed by atoms with Gasteiger partial charge in [-0.25, -0.2) is 4.68 Å². The van der Waals surface area contributed by atoms with Crippen LogP contribution in [0.3, 0.4) is 0 Å². The van der Waals surface area contributed by atoms with E-state index in [1.165, 1.54) is 0 Å². The maximum atomic E-state index is 4.61. The van der Waals surface area contributed by atoms with E-state index in [-0.39, 0.29) is 0 Å². The molecule has 0 amide bonds. The van der Waals surface area contributed by atoms with E-state index in [0.29, 0.717) is 6.04 Å². The van der Waals surface area contributed by atoms with E-state index in [0.717, 1.165) is 35.2 Å². The summed E-state index contributed by atoms with van der Waals surface area (Å²) < 4.78 is 1.93. The molecule has 0 saturated carbocycles. The standard InChI is InChI=1S/C17H20N4/c1-3-15(18-4-2)16-10-9-14(12-19-16)21-17-8-6-5-7-13(17)11-20-21/h5-12,15,18H,3-4H2,1-2H3. The van der Waals surface area contributed by atoms with Gasteiger partial charge in [-0.1, -0.05) is 32.0 Å². The number of rotatable bonds is 5. The summed E-state index contributed by atoms with van der Waals surface area (Å²) in [6, 6.07) is 12.7. The number of hydrogen-bond donors (Lipinski definition) is 1. The number of nitrogens with one attached hydrogen (secondary N) is 1. The Labute approximate surface area is 124 Å². The first-order chi connectivity index (χ1) is 10.3. The van der Waals surface area contributed by atoms with Gasteiger partial charge < -0.3 is 5.32 Å². The van der Waals surface area contributed by atoms with Gasteiger partial charge in [-0.05, 0) is 31.2 Å². The Balaban J connectivity index is 1.93. The number of hydrogen-bond acceptors (Lipinski definition) is 3. The Morgan fingerprint density at radius 1 is 1.10 bits per heavy atom. The van der Waals surface area contributed by atoms with E-state index in [2.05, 4.69) is 53.5 Å². The third-order valence-corrected chi connectivity index (χ3v) is 3.71. The van der Waals surface area contributed by atoms with Crippen molar-refractivity contribution in [3.05, 3.63) is 54.5 Å². The van der Waals surface area contributed by atoms with Crippen molar-refractivity contribution in [3.8, 4) is 5.69 Å². The van der Waals surface area contributed by atoms with E-state index in [1.54, 1.807) is 0 Å². The van der Waals surface area contributed by atoms with Crippen LogP contribution in [0.4, 0.5) is 0 Å². The van der Waals surface area contributed by atoms with Crippen LogP contribution in [-0.2, 0) is 0 Å². The molecule has 3 rings (SSSR count). The van der Waals surface area contributed by atoms with Crippen molar-refractivity contribution in [2.24, 2.45) is 0 Å². The Morgan fingerprint density at radius 3 is 2.67 bits per heavy atom. The minimum atomic E-state index is 0.318. The van der Waals surface area contributed by atoms with Gasteiger partial charge in [0.2, 0.25) is 0 Å². The molecule has 2 aromatic heterocycles. The second kappa shape index (κ2) is 6.06. The van der Waals surface area contributed by atoms with Gasteiger partial charge in [0.1, 0.15) is 0 Å². The second-order valence-electron chi connectivity index (χ2n) is 5.07. The molecule has 3 aromatic rings. The van der Waals surface area contributed by atoms with Crippen LogP contribution in [0.5, 0.6) is 0 Å². The van der Waals surface area contributed by atoms with Crippen molar-refractivity contribution in [2.75, 3.05) is 6.54 Å². The summed E-state index contributed by atoms with van der Waals surface area (Å²) in [5, 5.41) is 9.04. The van der Waals surface area contributed by atoms with E-state index in [9.17, 15) is 0 Å². The number of nitrogens with zero attached hydrogens (tertiary/aromatic N) is 3. The van der Waals surface area contributed by atoms with Crippen LogP contribution >= 0.6 is 0 Å². The Morgan fingerprint density at radius 2 is 1.95 bits per heavy atom. The Bertz CT molecular complexity index is 715. The summed E-state index contributed by atoms with van der Waals surface area (Å²) in [6.07, 6.45) is 4.82. The van der Waals surface area contributed by atoms with Crippen LogP contribution in [-0.4, -0.2) is 21.3 Å². The van der Waals surface area contributed by atoms with Gasteiger partial charge in [-0.2, -0.15) is 5.10 Å². The molecule has 0 aliphatic rings. The zero-order valence-electron chi connectivity index (χ0n) is 12.5. The maximum absolute atomic E-state index is 4.61. The fourth-order valence-corrected chi connectivity index (χ4v) is 2.61. The zero-order chi connectivity index (χ0) is 14.7. The first-order valence-corrected chi connectivity index (χ1v) is 7.46. The van der Waals surface area contributed by atoms with Gasteiger partial charge in [0, 0.05) is 11.4 Å². The van der Waals surface area contributed by atoms with Crippen molar-refractivity contribution in [2.45, 2.75) is 26.3 Å². The average molecular weight is 280 g/mol. The molecule has 21 heavy (non-hydrogen) atoms. The topological polar surface area (TPSA) is 42.7 Å². The van der Waals surface area contributed by atoms with Gasteiger partial charge in [0.15, 0.2) is 0 Å². The molecule has 1 N–H and O–H groups in total. The second-order valence-corrected chi connectivity index (χ2v) is 5.07. The molecule has 0 aliphatic heterocycles. The van der Waals surface area contributed by atoms with Crippen molar-refractivity contribution in [1.29, 1.82) is 0 Å². The van der Waals surface area contributed by atoms with Gasteiger partial charge in [0.25, 0.3) is 0 Å². The molecule has 4 nitrogen and oxygen atoms in total. The fraction of sp³-hybridized carbons (Fsp3) is 0.294. The lowest BCUT2D eigenvalue weighted by Crippen LogP contribution is -2.21. The lowest BCUT2D eigenvalue weighted by molar-refractivity contribution is 0.524. The van der Waals surface area contributed by atoms with Gasteiger partial charge in [0.05, 0.1) is 29.3 Å². The molecule has 108 valence electrons. The van der Waals surface area contributed by atoms with E-state index in [4.69, 9.17) is 0 Å². The smallest absolute Gasteiger partial charge is 0.0836 e. The highest BCUT2D eigenvalue weighted by atomic mass is 15.3. The first kappa shape index (κ1) is 13.8. The van der Waals surface area contributed by atoms with Crippen molar-refractivity contribution >= 4 is 10.9 Å². The summed E-state index contributed by atoms with van der Waals surface area (Å²) in [4.78, 5) is 4.61. The molecule has 1 aromatic carbocycles. The monoisotopic (exact) mass is 280 g/mol. The Hall–Kier alpha value is -2.20. The van der Waals surface area contributed by atoms with Crippen LogP contribution in [0.15, 0.2) is 48.8 Å². The SMILES string of the molecule is CCNC(CC)c1ccc(-n2ncc3ccccc32)cn1. The van der Waals surface area contributed by atoms with E-state index >= 15 is 0 Å². The molecule has 1 atom stereocenters. The molecule has 4 heteroatoms. The molecule has 0 saturated heterocycles. The quantitative estimate of drug-likeness (QED) is 0.778. The predicted octanol–water partition coefficient (Wildman–Crippen LogP) is 3.48. The van der Waals surface area contributed by atoms with Crippen molar-refractivity contribution in [3.63, 3.8) is 0 Å². The van der Waals surface area contributed by atoms with Gasteiger partial charge in [-0.15, -0.1) is 0 Å². The number of pyridine rings is 1. The largest absolute Gasteiger partial charge is 0.309 e. The van der Waals surface area contributed by atoms with Crippen LogP contribution in [0.2, 0.25) is 0 Å². The van der Waals surface area contributed by atoms with Crippen LogP contribution in [0, 0.1) is 0 Å². The maximum Gasteiger partial charge on any atom is 0.0836 e. The van der Waals surface area contributed by atoms with Crippen molar-refractivity contribution < 1.29 is 0 Å². The minimum absolute atomic E-state index is 0.318. The Kier molecular flexibility index (Phi) is 3.97. The van der Waals surface area contributed by atoms with Crippen LogP contribution < -0.4 is 5.32 Å². The van der Waals surface area contributed by atoms with E-state index in [1.807, 2.05) is 29.2 Å². The predicted molar refractivity (Wildman–Crippen MR) is 85.6 cm³/mol. The third kappa shape index (κ3) is 2.67. The van der Waals surface area contributed by atoms with Gasteiger partial charge in [-0.3, -0.25) is 4.98 Å². The highest BCUT2D eigenvalue weighted by Crippen LogP contribution is 2.19.